The van der Waals surface area contributed by atoms with Crippen LogP contribution in [-0.2, 0) is 22.4 Å². The number of rotatable bonds is 6. The minimum absolute atomic E-state index is 0.0125. The second-order valence-corrected chi connectivity index (χ2v) is 6.06. The zero-order chi connectivity index (χ0) is 16.8. The fourth-order valence-corrected chi connectivity index (χ4v) is 3.01. The number of amides is 1. The summed E-state index contributed by atoms with van der Waals surface area (Å²) in [5.74, 6) is 1.07. The van der Waals surface area contributed by atoms with Gasteiger partial charge in [-0.05, 0) is 41.8 Å². The van der Waals surface area contributed by atoms with Gasteiger partial charge in [-0.25, -0.2) is 0 Å². The summed E-state index contributed by atoms with van der Waals surface area (Å²) in [5, 5.41) is 3.11. The minimum Gasteiger partial charge on any atom is -0.497 e. The third-order valence-corrected chi connectivity index (χ3v) is 4.29. The molecule has 24 heavy (non-hydrogen) atoms. The first-order chi connectivity index (χ1) is 11.7. The van der Waals surface area contributed by atoms with Crippen LogP contribution in [0.15, 0.2) is 48.8 Å². The first-order valence-corrected chi connectivity index (χ1v) is 8.13. The van der Waals surface area contributed by atoms with Gasteiger partial charge in [0.15, 0.2) is 0 Å². The molecule has 3 rings (SSSR count). The maximum Gasteiger partial charge on any atom is 0.224 e. The molecule has 0 bridgehead atoms. The van der Waals surface area contributed by atoms with Crippen molar-refractivity contribution in [3.63, 3.8) is 0 Å². The van der Waals surface area contributed by atoms with Crippen molar-refractivity contribution in [1.82, 2.24) is 10.3 Å². The highest BCUT2D eigenvalue weighted by Crippen LogP contribution is 2.19. The second kappa shape index (κ2) is 7.93. The van der Waals surface area contributed by atoms with Gasteiger partial charge in [-0.15, -0.1) is 0 Å². The molecule has 2 unspecified atom stereocenters. The van der Waals surface area contributed by atoms with Crippen LogP contribution in [-0.4, -0.2) is 37.3 Å². The van der Waals surface area contributed by atoms with Gasteiger partial charge in [-0.3, -0.25) is 9.78 Å². The SMILES string of the molecule is COc1cccc(CC(=O)NC2COCC2Cc2ccncc2)c1. The number of pyridine rings is 1. The lowest BCUT2D eigenvalue weighted by Crippen LogP contribution is -2.41. The molecule has 1 aliphatic rings. The summed E-state index contributed by atoms with van der Waals surface area (Å²) in [7, 11) is 1.62. The van der Waals surface area contributed by atoms with Crippen LogP contribution in [0.5, 0.6) is 5.75 Å². The number of hydrogen-bond donors (Lipinski definition) is 1. The van der Waals surface area contributed by atoms with Crippen molar-refractivity contribution in [3.8, 4) is 5.75 Å². The lowest BCUT2D eigenvalue weighted by molar-refractivity contribution is -0.121. The summed E-state index contributed by atoms with van der Waals surface area (Å²) in [5.41, 5.74) is 2.16. The predicted octanol–water partition coefficient (Wildman–Crippen LogP) is 2.01. The summed E-state index contributed by atoms with van der Waals surface area (Å²) in [4.78, 5) is 16.4. The van der Waals surface area contributed by atoms with Crippen LogP contribution in [0.4, 0.5) is 0 Å². The molecule has 2 aromatic rings. The van der Waals surface area contributed by atoms with E-state index in [9.17, 15) is 4.79 Å². The van der Waals surface area contributed by atoms with E-state index in [2.05, 4.69) is 10.3 Å². The Balaban J connectivity index is 1.56. The largest absolute Gasteiger partial charge is 0.497 e. The van der Waals surface area contributed by atoms with Crippen LogP contribution in [0.25, 0.3) is 0 Å². The normalized spacial score (nSPS) is 19.9. The molecule has 5 nitrogen and oxygen atoms in total. The van der Waals surface area contributed by atoms with Crippen LogP contribution in [0.3, 0.4) is 0 Å². The van der Waals surface area contributed by atoms with Gasteiger partial charge in [0.1, 0.15) is 5.75 Å². The number of benzene rings is 1. The Labute approximate surface area is 142 Å². The third kappa shape index (κ3) is 4.32. The van der Waals surface area contributed by atoms with Gasteiger partial charge in [0.05, 0.1) is 32.8 Å². The molecule has 5 heteroatoms. The fourth-order valence-electron chi connectivity index (χ4n) is 3.01. The highest BCUT2D eigenvalue weighted by Gasteiger charge is 2.29. The lowest BCUT2D eigenvalue weighted by atomic mass is 9.95. The molecule has 2 atom stereocenters. The Morgan fingerprint density at radius 1 is 1.25 bits per heavy atom. The Bertz CT molecular complexity index is 675. The average Bonchev–Trinajstić information content (AvgIpc) is 3.02. The minimum atomic E-state index is 0.0125. The maximum absolute atomic E-state index is 12.3. The molecule has 2 heterocycles. The van der Waals surface area contributed by atoms with Crippen molar-refractivity contribution in [3.05, 3.63) is 59.9 Å². The van der Waals surface area contributed by atoms with E-state index in [1.807, 2.05) is 36.4 Å². The molecule has 1 aromatic carbocycles. The molecule has 0 aliphatic carbocycles. The molecular weight excluding hydrogens is 304 g/mol. The standard InChI is InChI=1S/C19H22N2O3/c1-23-17-4-2-3-15(10-17)11-19(22)21-18-13-24-12-16(18)9-14-5-7-20-8-6-14/h2-8,10,16,18H,9,11-13H2,1H3,(H,21,22). The number of hydrogen-bond acceptors (Lipinski definition) is 4. The van der Waals surface area contributed by atoms with E-state index in [0.29, 0.717) is 25.6 Å². The molecular formula is C19H22N2O3. The van der Waals surface area contributed by atoms with Gasteiger partial charge in [-0.1, -0.05) is 12.1 Å². The summed E-state index contributed by atoms with van der Waals surface area (Å²) in [6.07, 6.45) is 4.81. The molecule has 0 spiro atoms. The molecule has 1 aromatic heterocycles. The lowest BCUT2D eigenvalue weighted by Gasteiger charge is -2.19. The van der Waals surface area contributed by atoms with Crippen molar-refractivity contribution in [1.29, 1.82) is 0 Å². The number of methoxy groups -OCH3 is 1. The highest BCUT2D eigenvalue weighted by atomic mass is 16.5. The number of ether oxygens (including phenoxy) is 2. The molecule has 1 saturated heterocycles. The van der Waals surface area contributed by atoms with Crippen molar-refractivity contribution in [2.45, 2.75) is 18.9 Å². The van der Waals surface area contributed by atoms with E-state index >= 15 is 0 Å². The Morgan fingerprint density at radius 3 is 2.88 bits per heavy atom. The van der Waals surface area contributed by atoms with Crippen LogP contribution >= 0.6 is 0 Å². The average molecular weight is 326 g/mol. The topological polar surface area (TPSA) is 60.5 Å². The monoisotopic (exact) mass is 326 g/mol. The van der Waals surface area contributed by atoms with Crippen LogP contribution < -0.4 is 10.1 Å². The maximum atomic E-state index is 12.3. The number of nitrogens with one attached hydrogen (secondary N) is 1. The zero-order valence-electron chi connectivity index (χ0n) is 13.8. The van der Waals surface area contributed by atoms with E-state index in [-0.39, 0.29) is 11.9 Å². The number of carbonyl (C=O) groups is 1. The first-order valence-electron chi connectivity index (χ1n) is 8.13. The van der Waals surface area contributed by atoms with Crippen LogP contribution in [0.2, 0.25) is 0 Å². The molecule has 1 fully saturated rings. The number of aromatic nitrogens is 1. The van der Waals surface area contributed by atoms with Crippen LogP contribution in [0, 0.1) is 5.92 Å². The molecule has 0 saturated carbocycles. The predicted molar refractivity (Wildman–Crippen MR) is 90.9 cm³/mol. The van der Waals surface area contributed by atoms with Gasteiger partial charge in [-0.2, -0.15) is 0 Å². The van der Waals surface area contributed by atoms with Crippen LogP contribution in [0.1, 0.15) is 11.1 Å². The van der Waals surface area contributed by atoms with Gasteiger partial charge in [0, 0.05) is 18.3 Å². The number of nitrogens with zero attached hydrogens (tertiary/aromatic N) is 1. The van der Waals surface area contributed by atoms with E-state index < -0.39 is 0 Å². The molecule has 1 aliphatic heterocycles. The Kier molecular flexibility index (Phi) is 5.43. The summed E-state index contributed by atoms with van der Waals surface area (Å²) in [6.45, 7) is 1.24. The molecule has 0 radical (unpaired) electrons. The van der Waals surface area contributed by atoms with Crippen molar-refractivity contribution in [2.24, 2.45) is 5.92 Å². The van der Waals surface area contributed by atoms with Crippen molar-refractivity contribution >= 4 is 5.91 Å². The quantitative estimate of drug-likeness (QED) is 0.882. The molecule has 1 N–H and O–H groups in total. The summed E-state index contributed by atoms with van der Waals surface area (Å²) >= 11 is 0. The zero-order valence-corrected chi connectivity index (χ0v) is 13.8. The van der Waals surface area contributed by atoms with Crippen molar-refractivity contribution < 1.29 is 14.3 Å². The first kappa shape index (κ1) is 16.5. The third-order valence-electron chi connectivity index (χ3n) is 4.29. The summed E-state index contributed by atoms with van der Waals surface area (Å²) in [6, 6.07) is 11.7. The number of carbonyl (C=O) groups excluding carboxylic acids is 1. The summed E-state index contributed by atoms with van der Waals surface area (Å²) < 4.78 is 10.8. The molecule has 1 amide bonds. The van der Waals surface area contributed by atoms with E-state index in [0.717, 1.165) is 17.7 Å². The Morgan fingerprint density at radius 2 is 2.08 bits per heavy atom. The van der Waals surface area contributed by atoms with Gasteiger partial charge in [0.25, 0.3) is 0 Å². The van der Waals surface area contributed by atoms with E-state index in [4.69, 9.17) is 9.47 Å². The van der Waals surface area contributed by atoms with Crippen molar-refractivity contribution in [2.75, 3.05) is 20.3 Å². The van der Waals surface area contributed by atoms with Gasteiger partial charge >= 0.3 is 0 Å². The van der Waals surface area contributed by atoms with E-state index in [1.54, 1.807) is 19.5 Å². The van der Waals surface area contributed by atoms with E-state index in [1.165, 1.54) is 5.56 Å². The van der Waals surface area contributed by atoms with Gasteiger partial charge in [0.2, 0.25) is 5.91 Å². The second-order valence-electron chi connectivity index (χ2n) is 6.06. The highest BCUT2D eigenvalue weighted by molar-refractivity contribution is 5.79. The fraction of sp³-hybridized carbons (Fsp3) is 0.368. The Hall–Kier alpha value is -2.40. The van der Waals surface area contributed by atoms with Gasteiger partial charge < -0.3 is 14.8 Å². The molecule has 126 valence electrons. The smallest absolute Gasteiger partial charge is 0.224 e.